The highest BCUT2D eigenvalue weighted by molar-refractivity contribution is 8.01. The van der Waals surface area contributed by atoms with Crippen LogP contribution in [-0.2, 0) is 11.2 Å². The van der Waals surface area contributed by atoms with Crippen molar-refractivity contribution in [3.8, 4) is 0 Å². The summed E-state index contributed by atoms with van der Waals surface area (Å²) in [4.78, 5) is 27.3. The van der Waals surface area contributed by atoms with Crippen LogP contribution in [0.5, 0.6) is 0 Å². The van der Waals surface area contributed by atoms with Crippen LogP contribution >= 0.6 is 23.1 Å². The highest BCUT2D eigenvalue weighted by Crippen LogP contribution is 2.36. The van der Waals surface area contributed by atoms with E-state index in [1.54, 1.807) is 18.2 Å². The molecule has 0 spiro atoms. The molecule has 0 fully saturated rings. The number of benzene rings is 3. The number of nitrogens with one attached hydrogen (secondary N) is 1. The second-order valence-corrected chi connectivity index (χ2v) is 9.54. The lowest BCUT2D eigenvalue weighted by Gasteiger charge is -2.05. The van der Waals surface area contributed by atoms with Gasteiger partial charge in [-0.2, -0.15) is 5.10 Å². The Hall–Kier alpha value is -4.02. The maximum absolute atomic E-state index is 12.3. The van der Waals surface area contributed by atoms with Crippen LogP contribution in [0, 0.1) is 10.1 Å². The molecule has 1 N–H and O–H groups in total. The number of furan rings is 1. The van der Waals surface area contributed by atoms with E-state index in [1.165, 1.54) is 41.4 Å². The Kier molecular flexibility index (Phi) is 6.07. The number of nitro groups is 1. The summed E-state index contributed by atoms with van der Waals surface area (Å²) in [6.07, 6.45) is 1.65. The standard InChI is InChI=1S/C24H16N4O4S2/c29-22(12-16-6-3-5-15-4-1-2-7-19(15)16)27-25-14-18-9-11-23(32-18)34-24-26-20-10-8-17(28(30)31)13-21(20)33-24/h1-11,13-14H,12H2,(H,27,29)/b25-14-. The SMILES string of the molecule is O=C(Cc1cccc2ccccc12)N/N=C\c1ccc(Sc2nc3ccc([N+](=O)[O-])cc3s2)o1. The molecule has 5 aromatic rings. The molecule has 0 atom stereocenters. The summed E-state index contributed by atoms with van der Waals surface area (Å²) in [5.74, 6) is 0.252. The summed E-state index contributed by atoms with van der Waals surface area (Å²) in [6.45, 7) is 0. The average Bonchev–Trinajstić information content (AvgIpc) is 3.45. The van der Waals surface area contributed by atoms with Crippen LogP contribution in [-0.4, -0.2) is 22.0 Å². The number of non-ortho nitro benzene ring substituents is 1. The number of thiazole rings is 1. The summed E-state index contributed by atoms with van der Waals surface area (Å²) in [6, 6.07) is 21.9. The predicted molar refractivity (Wildman–Crippen MR) is 132 cm³/mol. The summed E-state index contributed by atoms with van der Waals surface area (Å²) in [7, 11) is 0. The van der Waals surface area contributed by atoms with Gasteiger partial charge in [-0.3, -0.25) is 14.9 Å². The van der Waals surface area contributed by atoms with Crippen molar-refractivity contribution >= 4 is 61.9 Å². The van der Waals surface area contributed by atoms with Gasteiger partial charge >= 0.3 is 0 Å². The molecular weight excluding hydrogens is 472 g/mol. The van der Waals surface area contributed by atoms with Gasteiger partial charge in [0, 0.05) is 12.1 Å². The first-order valence-electron chi connectivity index (χ1n) is 10.2. The minimum atomic E-state index is -0.426. The number of carbonyl (C=O) groups is 1. The highest BCUT2D eigenvalue weighted by Gasteiger charge is 2.12. The van der Waals surface area contributed by atoms with Gasteiger partial charge in [-0.1, -0.05) is 42.5 Å². The van der Waals surface area contributed by atoms with Gasteiger partial charge in [0.2, 0.25) is 5.91 Å². The number of hydrogen-bond donors (Lipinski definition) is 1. The van der Waals surface area contributed by atoms with Crippen molar-refractivity contribution in [2.24, 2.45) is 5.10 Å². The van der Waals surface area contributed by atoms with Crippen LogP contribution in [0.15, 0.2) is 91.7 Å². The molecule has 0 aliphatic carbocycles. The maximum atomic E-state index is 12.3. The molecule has 3 aromatic carbocycles. The largest absolute Gasteiger partial charge is 0.448 e. The van der Waals surface area contributed by atoms with Crippen LogP contribution in [0.4, 0.5) is 5.69 Å². The zero-order valence-electron chi connectivity index (χ0n) is 17.5. The zero-order valence-corrected chi connectivity index (χ0v) is 19.1. The lowest BCUT2D eigenvalue weighted by molar-refractivity contribution is -0.384. The Morgan fingerprint density at radius 2 is 2.00 bits per heavy atom. The second-order valence-electron chi connectivity index (χ2n) is 7.26. The Morgan fingerprint density at radius 3 is 2.88 bits per heavy atom. The van der Waals surface area contributed by atoms with Crippen molar-refractivity contribution in [2.45, 2.75) is 15.9 Å². The number of amides is 1. The molecule has 0 radical (unpaired) electrons. The predicted octanol–water partition coefficient (Wildman–Crippen LogP) is 5.79. The quantitative estimate of drug-likeness (QED) is 0.176. The third-order valence-corrected chi connectivity index (χ3v) is 6.96. The Morgan fingerprint density at radius 1 is 1.15 bits per heavy atom. The monoisotopic (exact) mass is 488 g/mol. The first-order valence-corrected chi connectivity index (χ1v) is 11.8. The van der Waals surface area contributed by atoms with E-state index in [1.807, 2.05) is 42.5 Å². The number of hydrogen-bond acceptors (Lipinski definition) is 8. The molecule has 168 valence electrons. The van der Waals surface area contributed by atoms with Crippen molar-refractivity contribution in [1.29, 1.82) is 0 Å². The molecule has 0 bridgehead atoms. The molecule has 0 aliphatic rings. The third-order valence-electron chi connectivity index (χ3n) is 4.97. The van der Waals surface area contributed by atoms with Crippen LogP contribution < -0.4 is 5.43 Å². The van der Waals surface area contributed by atoms with E-state index < -0.39 is 4.92 Å². The van der Waals surface area contributed by atoms with Gasteiger partial charge in [-0.25, -0.2) is 10.4 Å². The minimum Gasteiger partial charge on any atom is -0.448 e. The number of nitro benzene ring substituents is 1. The van der Waals surface area contributed by atoms with Crippen molar-refractivity contribution in [3.63, 3.8) is 0 Å². The Balaban J connectivity index is 1.20. The topological polar surface area (TPSA) is 111 Å². The van der Waals surface area contributed by atoms with E-state index in [9.17, 15) is 14.9 Å². The van der Waals surface area contributed by atoms with Gasteiger partial charge < -0.3 is 4.42 Å². The molecule has 0 saturated carbocycles. The molecule has 0 unspecified atom stereocenters. The van der Waals surface area contributed by atoms with Crippen molar-refractivity contribution in [3.05, 3.63) is 94.2 Å². The molecule has 34 heavy (non-hydrogen) atoms. The minimum absolute atomic E-state index is 0.0340. The smallest absolute Gasteiger partial charge is 0.270 e. The Labute approximate surface area is 201 Å². The van der Waals surface area contributed by atoms with Crippen LogP contribution in [0.3, 0.4) is 0 Å². The van der Waals surface area contributed by atoms with Crippen LogP contribution in [0.25, 0.3) is 21.0 Å². The number of carbonyl (C=O) groups excluding carboxylic acids is 1. The van der Waals surface area contributed by atoms with Crippen molar-refractivity contribution < 1.29 is 14.1 Å². The van der Waals surface area contributed by atoms with Gasteiger partial charge in [0.15, 0.2) is 9.43 Å². The van der Waals surface area contributed by atoms with E-state index in [0.717, 1.165) is 21.0 Å². The molecule has 5 rings (SSSR count). The van der Waals surface area contributed by atoms with Gasteiger partial charge in [0.25, 0.3) is 5.69 Å². The second kappa shape index (κ2) is 9.46. The molecular formula is C24H16N4O4S2. The van der Waals surface area contributed by atoms with Crippen molar-refractivity contribution in [2.75, 3.05) is 0 Å². The number of aromatic nitrogens is 1. The molecule has 0 aliphatic heterocycles. The molecule has 8 nitrogen and oxygen atoms in total. The first kappa shape index (κ1) is 21.8. The summed E-state index contributed by atoms with van der Waals surface area (Å²) in [5.41, 5.74) is 4.20. The fourth-order valence-corrected chi connectivity index (χ4v) is 5.42. The first-order chi connectivity index (χ1) is 16.5. The van der Waals surface area contributed by atoms with Gasteiger partial charge in [0.1, 0.15) is 5.76 Å². The van der Waals surface area contributed by atoms with E-state index in [-0.39, 0.29) is 18.0 Å². The fraction of sp³-hybridized carbons (Fsp3) is 0.0417. The average molecular weight is 489 g/mol. The van der Waals surface area contributed by atoms with Gasteiger partial charge in [-0.15, -0.1) is 11.3 Å². The van der Waals surface area contributed by atoms with Crippen molar-refractivity contribution in [1.82, 2.24) is 10.4 Å². The number of nitrogens with zero attached hydrogens (tertiary/aromatic N) is 3. The fourth-order valence-electron chi connectivity index (χ4n) is 3.42. The summed E-state index contributed by atoms with van der Waals surface area (Å²) in [5, 5.41) is 17.7. The number of rotatable bonds is 7. The lowest BCUT2D eigenvalue weighted by atomic mass is 10.0. The molecule has 1 amide bonds. The maximum Gasteiger partial charge on any atom is 0.270 e. The van der Waals surface area contributed by atoms with Gasteiger partial charge in [-0.05, 0) is 46.3 Å². The highest BCUT2D eigenvalue weighted by atomic mass is 32.2. The lowest BCUT2D eigenvalue weighted by Crippen LogP contribution is -2.19. The molecule has 0 saturated heterocycles. The number of hydrazone groups is 1. The molecule has 10 heteroatoms. The molecule has 2 heterocycles. The van der Waals surface area contributed by atoms with E-state index in [0.29, 0.717) is 20.7 Å². The normalized spacial score (nSPS) is 11.4. The Bertz CT molecular complexity index is 1550. The van der Waals surface area contributed by atoms with E-state index in [2.05, 4.69) is 15.5 Å². The zero-order chi connectivity index (χ0) is 23.5. The van der Waals surface area contributed by atoms with Crippen LogP contribution in [0.1, 0.15) is 11.3 Å². The third kappa shape index (κ3) is 4.82. The van der Waals surface area contributed by atoms with Gasteiger partial charge in [0.05, 0.1) is 27.8 Å². The molecule has 2 aromatic heterocycles. The number of fused-ring (bicyclic) bond motifs is 2. The van der Waals surface area contributed by atoms with Crippen LogP contribution in [0.2, 0.25) is 0 Å². The summed E-state index contributed by atoms with van der Waals surface area (Å²) >= 11 is 2.67. The van der Waals surface area contributed by atoms with E-state index >= 15 is 0 Å². The summed E-state index contributed by atoms with van der Waals surface area (Å²) < 4.78 is 7.16. The van der Waals surface area contributed by atoms with E-state index in [4.69, 9.17) is 4.42 Å².